The van der Waals surface area contributed by atoms with Crippen molar-refractivity contribution in [2.45, 2.75) is 6.92 Å². The number of aromatic nitrogens is 2. The molecule has 1 aromatic carbocycles. The molecule has 1 heterocycles. The van der Waals surface area contributed by atoms with Crippen LogP contribution >= 0.6 is 0 Å². The van der Waals surface area contributed by atoms with Gasteiger partial charge in [0.25, 0.3) is 5.56 Å². The molecule has 16 heavy (non-hydrogen) atoms. The molecule has 0 bridgehead atoms. The third-order valence-electron chi connectivity index (χ3n) is 2.25. The second-order valence-corrected chi connectivity index (χ2v) is 3.40. The van der Waals surface area contributed by atoms with E-state index < -0.39 is 0 Å². The summed E-state index contributed by atoms with van der Waals surface area (Å²) in [5, 5.41) is 0. The lowest BCUT2D eigenvalue weighted by atomic mass is 10.2. The second kappa shape index (κ2) is 3.99. The van der Waals surface area contributed by atoms with E-state index in [1.54, 1.807) is 31.2 Å². The van der Waals surface area contributed by atoms with Gasteiger partial charge in [0.05, 0.1) is 6.57 Å². The number of aryl methyl sites for hydroxylation is 1. The molecule has 0 amide bonds. The zero-order chi connectivity index (χ0) is 11.5. The number of rotatable bonds is 1. The van der Waals surface area contributed by atoms with Crippen LogP contribution in [0, 0.1) is 13.5 Å². The Labute approximate surface area is 92.4 Å². The van der Waals surface area contributed by atoms with Crippen LogP contribution in [-0.4, -0.2) is 9.97 Å². The Morgan fingerprint density at radius 1 is 1.31 bits per heavy atom. The predicted molar refractivity (Wildman–Crippen MR) is 61.3 cm³/mol. The maximum absolute atomic E-state index is 11.4. The molecular formula is C12H9N3O. The molecule has 1 N–H and O–H groups in total. The summed E-state index contributed by atoms with van der Waals surface area (Å²) in [6, 6.07) is 6.92. The zero-order valence-corrected chi connectivity index (χ0v) is 8.69. The van der Waals surface area contributed by atoms with Crippen molar-refractivity contribution in [2.24, 2.45) is 0 Å². The van der Waals surface area contributed by atoms with Crippen LogP contribution in [0.25, 0.3) is 16.2 Å². The average Bonchev–Trinajstić information content (AvgIpc) is 2.33. The molecule has 0 radical (unpaired) electrons. The smallest absolute Gasteiger partial charge is 0.254 e. The molecule has 2 rings (SSSR count). The van der Waals surface area contributed by atoms with E-state index in [9.17, 15) is 4.79 Å². The van der Waals surface area contributed by atoms with Crippen molar-refractivity contribution in [1.82, 2.24) is 9.97 Å². The van der Waals surface area contributed by atoms with Gasteiger partial charge in [0.1, 0.15) is 5.82 Å². The summed E-state index contributed by atoms with van der Waals surface area (Å²) in [7, 11) is 0. The summed E-state index contributed by atoms with van der Waals surface area (Å²) in [5.41, 5.74) is 1.81. The molecule has 0 saturated carbocycles. The molecule has 0 fully saturated rings. The van der Waals surface area contributed by atoms with Gasteiger partial charge in [0.2, 0.25) is 0 Å². The van der Waals surface area contributed by atoms with Crippen molar-refractivity contribution < 1.29 is 0 Å². The maximum atomic E-state index is 11.4. The van der Waals surface area contributed by atoms with Gasteiger partial charge in [-0.15, -0.1) is 0 Å². The lowest BCUT2D eigenvalue weighted by molar-refractivity contribution is 1.09. The predicted octanol–water partition coefficient (Wildman–Crippen LogP) is 2.30. The van der Waals surface area contributed by atoms with E-state index in [0.717, 1.165) is 5.56 Å². The van der Waals surface area contributed by atoms with Crippen LogP contribution in [0.1, 0.15) is 5.56 Å². The number of aromatic amines is 1. The van der Waals surface area contributed by atoms with Crippen molar-refractivity contribution in [3.05, 3.63) is 57.8 Å². The number of nitrogens with zero attached hydrogens (tertiary/aromatic N) is 2. The number of nitrogens with one attached hydrogen (secondary N) is 1. The van der Waals surface area contributed by atoms with E-state index >= 15 is 0 Å². The maximum Gasteiger partial charge on any atom is 0.254 e. The normalized spacial score (nSPS) is 9.75. The first-order chi connectivity index (χ1) is 7.70. The van der Waals surface area contributed by atoms with Gasteiger partial charge in [-0.2, -0.15) is 0 Å². The minimum atomic E-state index is -0.140. The number of hydrogen-bond acceptors (Lipinski definition) is 2. The summed E-state index contributed by atoms with van der Waals surface area (Å²) < 4.78 is 0. The first-order valence-electron chi connectivity index (χ1n) is 4.74. The number of benzene rings is 1. The molecule has 2 aromatic rings. The molecule has 0 saturated heterocycles. The third-order valence-corrected chi connectivity index (χ3v) is 2.25. The Kier molecular flexibility index (Phi) is 2.52. The van der Waals surface area contributed by atoms with E-state index in [4.69, 9.17) is 6.57 Å². The molecule has 4 nitrogen and oxygen atoms in total. The molecule has 0 aliphatic heterocycles. The van der Waals surface area contributed by atoms with Gasteiger partial charge >= 0.3 is 0 Å². The van der Waals surface area contributed by atoms with Crippen molar-refractivity contribution in [2.75, 3.05) is 0 Å². The molecule has 78 valence electrons. The van der Waals surface area contributed by atoms with E-state index in [1.807, 2.05) is 0 Å². The summed E-state index contributed by atoms with van der Waals surface area (Å²) in [6.07, 6.45) is 1.54. The molecule has 0 unspecified atom stereocenters. The van der Waals surface area contributed by atoms with Gasteiger partial charge in [0.15, 0.2) is 5.69 Å². The third kappa shape index (κ3) is 1.84. The largest absolute Gasteiger partial charge is 0.306 e. The fourth-order valence-corrected chi connectivity index (χ4v) is 1.30. The highest BCUT2D eigenvalue weighted by Gasteiger charge is 2.01. The lowest BCUT2D eigenvalue weighted by Gasteiger charge is -2.00. The summed E-state index contributed by atoms with van der Waals surface area (Å²) >= 11 is 0. The van der Waals surface area contributed by atoms with Crippen molar-refractivity contribution >= 4 is 5.69 Å². The number of hydrogen-bond donors (Lipinski definition) is 1. The standard InChI is InChI=1S/C12H9N3O/c1-8-7-14-11(15-12(8)16)9-3-5-10(13-2)6-4-9/h3-7H,1H3,(H,14,15,16). The molecule has 0 atom stereocenters. The van der Waals surface area contributed by atoms with Crippen molar-refractivity contribution in [3.63, 3.8) is 0 Å². The van der Waals surface area contributed by atoms with Crippen LogP contribution in [0.3, 0.4) is 0 Å². The first kappa shape index (κ1) is 10.1. The van der Waals surface area contributed by atoms with Gasteiger partial charge < -0.3 is 4.98 Å². The quantitative estimate of drug-likeness (QED) is 0.736. The highest BCUT2D eigenvalue weighted by Crippen LogP contribution is 2.18. The Balaban J connectivity index is 2.47. The van der Waals surface area contributed by atoms with Crippen LogP contribution < -0.4 is 5.56 Å². The Morgan fingerprint density at radius 3 is 2.56 bits per heavy atom. The van der Waals surface area contributed by atoms with E-state index in [2.05, 4.69) is 14.8 Å². The van der Waals surface area contributed by atoms with E-state index in [0.29, 0.717) is 17.1 Å². The molecule has 4 heteroatoms. The molecule has 1 aromatic heterocycles. The minimum absolute atomic E-state index is 0.140. The van der Waals surface area contributed by atoms with Crippen molar-refractivity contribution in [1.29, 1.82) is 0 Å². The van der Waals surface area contributed by atoms with Gasteiger partial charge in [-0.25, -0.2) is 9.83 Å². The van der Waals surface area contributed by atoms with Gasteiger partial charge in [-0.1, -0.05) is 24.3 Å². The zero-order valence-electron chi connectivity index (χ0n) is 8.69. The minimum Gasteiger partial charge on any atom is -0.306 e. The molecular weight excluding hydrogens is 202 g/mol. The van der Waals surface area contributed by atoms with Gasteiger partial charge in [-0.05, 0) is 6.92 Å². The molecule has 0 aliphatic rings. The Morgan fingerprint density at radius 2 is 2.00 bits per heavy atom. The summed E-state index contributed by atoms with van der Waals surface area (Å²) in [4.78, 5) is 21.5. The van der Waals surface area contributed by atoms with E-state index in [-0.39, 0.29) is 5.56 Å². The summed E-state index contributed by atoms with van der Waals surface area (Å²) in [5.74, 6) is 0.520. The Hall–Kier alpha value is -2.41. The number of H-pyrrole nitrogens is 1. The fraction of sp³-hybridized carbons (Fsp3) is 0.0833. The Bertz CT molecular complexity index is 605. The lowest BCUT2D eigenvalue weighted by Crippen LogP contribution is -2.11. The van der Waals surface area contributed by atoms with Gasteiger partial charge in [-0.3, -0.25) is 4.79 Å². The van der Waals surface area contributed by atoms with Crippen LogP contribution in [0.15, 0.2) is 35.3 Å². The summed E-state index contributed by atoms with van der Waals surface area (Å²) in [6.45, 7) is 8.54. The molecule has 0 spiro atoms. The fourth-order valence-electron chi connectivity index (χ4n) is 1.30. The molecule has 0 aliphatic carbocycles. The average molecular weight is 211 g/mol. The highest BCUT2D eigenvalue weighted by molar-refractivity contribution is 5.59. The van der Waals surface area contributed by atoms with Crippen molar-refractivity contribution in [3.8, 4) is 11.4 Å². The monoisotopic (exact) mass is 211 g/mol. The van der Waals surface area contributed by atoms with Crippen LogP contribution in [-0.2, 0) is 0 Å². The van der Waals surface area contributed by atoms with Crippen LogP contribution in [0.4, 0.5) is 5.69 Å². The van der Waals surface area contributed by atoms with Crippen LogP contribution in [0.5, 0.6) is 0 Å². The highest BCUT2D eigenvalue weighted by atomic mass is 16.1. The van der Waals surface area contributed by atoms with E-state index in [1.165, 1.54) is 6.20 Å². The first-order valence-corrected chi connectivity index (χ1v) is 4.74. The topological polar surface area (TPSA) is 50.1 Å². The second-order valence-electron chi connectivity index (χ2n) is 3.40. The van der Waals surface area contributed by atoms with Gasteiger partial charge in [0, 0.05) is 17.3 Å². The SMILES string of the molecule is [C-]#[N+]c1ccc(-c2ncc(C)c(=O)[nH]2)cc1. The van der Waals surface area contributed by atoms with Crippen LogP contribution in [0.2, 0.25) is 0 Å².